The molecule has 2 atom stereocenters. The van der Waals surface area contributed by atoms with Crippen molar-refractivity contribution in [3.05, 3.63) is 29.8 Å². The zero-order chi connectivity index (χ0) is 17.6. The summed E-state index contributed by atoms with van der Waals surface area (Å²) in [5.74, 6) is 1.10. The van der Waals surface area contributed by atoms with E-state index in [2.05, 4.69) is 15.9 Å². The zero-order valence-corrected chi connectivity index (χ0v) is 15.0. The van der Waals surface area contributed by atoms with Crippen molar-refractivity contribution in [3.63, 3.8) is 0 Å². The molecule has 5 heteroatoms. The lowest BCUT2D eigenvalue weighted by atomic mass is 10.0. The number of ether oxygens (including phenoxy) is 1. The van der Waals surface area contributed by atoms with Crippen LogP contribution in [0.5, 0.6) is 5.75 Å². The molecule has 0 unspecified atom stereocenters. The maximum atomic E-state index is 12.2. The fourth-order valence-corrected chi connectivity index (χ4v) is 4.18. The third kappa shape index (κ3) is 4.13. The summed E-state index contributed by atoms with van der Waals surface area (Å²) < 4.78 is 5.84. The molecule has 0 radical (unpaired) electrons. The summed E-state index contributed by atoms with van der Waals surface area (Å²) >= 11 is 0. The molecule has 0 saturated carbocycles. The van der Waals surface area contributed by atoms with Crippen LogP contribution in [-0.4, -0.2) is 54.0 Å². The van der Waals surface area contributed by atoms with Gasteiger partial charge in [0.1, 0.15) is 12.4 Å². The van der Waals surface area contributed by atoms with E-state index in [-0.39, 0.29) is 0 Å². The lowest BCUT2D eigenvalue weighted by molar-refractivity contribution is -0.132. The third-order valence-electron chi connectivity index (χ3n) is 5.41. The van der Waals surface area contributed by atoms with E-state index in [1.165, 1.54) is 12.8 Å². The Morgan fingerprint density at radius 3 is 2.64 bits per heavy atom. The van der Waals surface area contributed by atoms with Gasteiger partial charge in [-0.25, -0.2) is 0 Å². The summed E-state index contributed by atoms with van der Waals surface area (Å²) in [4.78, 5) is 16.8. The number of rotatable bonds is 6. The van der Waals surface area contributed by atoms with E-state index in [0.717, 1.165) is 38.2 Å². The molecule has 0 aliphatic carbocycles. The molecule has 5 nitrogen and oxygen atoms in total. The Morgan fingerprint density at radius 1 is 1.20 bits per heavy atom. The number of benzene rings is 1. The highest BCUT2D eigenvalue weighted by Crippen LogP contribution is 2.30. The SMILES string of the molecule is CCC(=O)N1CCC[C@H]1[C@@H]1CCCN1CCOc1ccc(C#N)cc1. The maximum absolute atomic E-state index is 12.2. The minimum atomic E-state index is 0.295. The van der Waals surface area contributed by atoms with Crippen molar-refractivity contribution < 1.29 is 9.53 Å². The van der Waals surface area contributed by atoms with E-state index in [0.29, 0.717) is 36.6 Å². The predicted octanol–water partition coefficient (Wildman–Crippen LogP) is 2.80. The van der Waals surface area contributed by atoms with E-state index in [9.17, 15) is 4.79 Å². The average molecular weight is 341 g/mol. The fraction of sp³-hybridized carbons (Fsp3) is 0.600. The van der Waals surface area contributed by atoms with Gasteiger partial charge in [-0.05, 0) is 56.5 Å². The molecule has 1 aromatic carbocycles. The van der Waals surface area contributed by atoms with Crippen molar-refractivity contribution in [2.24, 2.45) is 0 Å². The Balaban J connectivity index is 1.53. The molecule has 0 bridgehead atoms. The summed E-state index contributed by atoms with van der Waals surface area (Å²) in [6.07, 6.45) is 5.23. The van der Waals surface area contributed by atoms with Crippen molar-refractivity contribution in [2.45, 2.75) is 51.1 Å². The number of hydrogen-bond donors (Lipinski definition) is 0. The highest BCUT2D eigenvalue weighted by molar-refractivity contribution is 5.76. The molecule has 2 saturated heterocycles. The van der Waals surface area contributed by atoms with E-state index in [4.69, 9.17) is 10.00 Å². The van der Waals surface area contributed by atoms with Crippen LogP contribution < -0.4 is 4.74 Å². The molecule has 2 aliphatic heterocycles. The van der Waals surface area contributed by atoms with Gasteiger partial charge in [-0.3, -0.25) is 9.69 Å². The molecule has 0 N–H and O–H groups in total. The van der Waals surface area contributed by atoms with Gasteiger partial charge in [-0.15, -0.1) is 0 Å². The van der Waals surface area contributed by atoms with Crippen LogP contribution in [0.25, 0.3) is 0 Å². The number of nitrogens with zero attached hydrogens (tertiary/aromatic N) is 3. The summed E-state index contributed by atoms with van der Waals surface area (Å²) in [6, 6.07) is 10.2. The van der Waals surface area contributed by atoms with Gasteiger partial charge in [-0.1, -0.05) is 6.92 Å². The smallest absolute Gasteiger partial charge is 0.222 e. The molecule has 0 aromatic heterocycles. The molecule has 1 aromatic rings. The number of hydrogen-bond acceptors (Lipinski definition) is 4. The van der Waals surface area contributed by atoms with Gasteiger partial charge in [0.15, 0.2) is 0 Å². The monoisotopic (exact) mass is 341 g/mol. The summed E-state index contributed by atoms with van der Waals surface area (Å²) in [5.41, 5.74) is 0.647. The minimum Gasteiger partial charge on any atom is -0.492 e. The molecular formula is C20H27N3O2. The van der Waals surface area contributed by atoms with E-state index >= 15 is 0 Å². The van der Waals surface area contributed by atoms with Gasteiger partial charge < -0.3 is 9.64 Å². The first kappa shape index (κ1) is 17.8. The first-order chi connectivity index (χ1) is 12.2. The largest absolute Gasteiger partial charge is 0.492 e. The molecule has 25 heavy (non-hydrogen) atoms. The lowest BCUT2D eigenvalue weighted by Crippen LogP contribution is -2.49. The Labute approximate surface area is 150 Å². The third-order valence-corrected chi connectivity index (χ3v) is 5.41. The van der Waals surface area contributed by atoms with Crippen LogP contribution >= 0.6 is 0 Å². The van der Waals surface area contributed by atoms with Crippen molar-refractivity contribution in [1.29, 1.82) is 5.26 Å². The van der Waals surface area contributed by atoms with Crippen LogP contribution in [0.15, 0.2) is 24.3 Å². The van der Waals surface area contributed by atoms with E-state index < -0.39 is 0 Å². The summed E-state index contributed by atoms with van der Waals surface area (Å²) in [7, 11) is 0. The molecule has 134 valence electrons. The van der Waals surface area contributed by atoms with Gasteiger partial charge in [0.2, 0.25) is 5.91 Å². The minimum absolute atomic E-state index is 0.295. The summed E-state index contributed by atoms with van der Waals surface area (Å²) in [5, 5.41) is 8.83. The first-order valence-corrected chi connectivity index (χ1v) is 9.39. The number of likely N-dealkylation sites (tertiary alicyclic amines) is 2. The normalized spacial score (nSPS) is 23.6. The van der Waals surface area contributed by atoms with Gasteiger partial charge in [0.25, 0.3) is 0 Å². The quantitative estimate of drug-likeness (QED) is 0.798. The van der Waals surface area contributed by atoms with Crippen molar-refractivity contribution in [3.8, 4) is 11.8 Å². The van der Waals surface area contributed by atoms with Gasteiger partial charge in [0.05, 0.1) is 11.6 Å². The van der Waals surface area contributed by atoms with Gasteiger partial charge in [-0.2, -0.15) is 5.26 Å². The first-order valence-electron chi connectivity index (χ1n) is 9.39. The number of nitriles is 1. The number of carbonyl (C=O) groups excluding carboxylic acids is 1. The molecule has 2 aliphatic rings. The second-order valence-corrected chi connectivity index (χ2v) is 6.88. The number of carbonyl (C=O) groups is 1. The predicted molar refractivity (Wildman–Crippen MR) is 96.3 cm³/mol. The van der Waals surface area contributed by atoms with Crippen molar-refractivity contribution in [1.82, 2.24) is 9.80 Å². The van der Waals surface area contributed by atoms with Crippen LogP contribution in [0.4, 0.5) is 0 Å². The van der Waals surface area contributed by atoms with Crippen LogP contribution in [0.2, 0.25) is 0 Å². The standard InChI is InChI=1S/C20H27N3O2/c1-2-20(24)23-12-4-6-19(23)18-5-3-11-22(18)13-14-25-17-9-7-16(15-21)8-10-17/h7-10,18-19H,2-6,11-14H2,1H3/t18-,19-/m0/s1. The average Bonchev–Trinajstić information content (AvgIpc) is 3.30. The molecule has 1 amide bonds. The van der Waals surface area contributed by atoms with E-state index in [1.807, 2.05) is 19.1 Å². The molecule has 2 heterocycles. The maximum Gasteiger partial charge on any atom is 0.222 e. The Morgan fingerprint density at radius 2 is 1.92 bits per heavy atom. The second-order valence-electron chi connectivity index (χ2n) is 6.88. The zero-order valence-electron chi connectivity index (χ0n) is 15.0. The number of amides is 1. The van der Waals surface area contributed by atoms with Gasteiger partial charge >= 0.3 is 0 Å². The second kappa shape index (κ2) is 8.35. The highest BCUT2D eigenvalue weighted by atomic mass is 16.5. The molecular weight excluding hydrogens is 314 g/mol. The summed E-state index contributed by atoms with van der Waals surface area (Å²) in [6.45, 7) is 5.48. The van der Waals surface area contributed by atoms with Crippen LogP contribution in [0, 0.1) is 11.3 Å². The van der Waals surface area contributed by atoms with Gasteiger partial charge in [0, 0.05) is 31.6 Å². The van der Waals surface area contributed by atoms with Crippen molar-refractivity contribution >= 4 is 5.91 Å². The van der Waals surface area contributed by atoms with Crippen LogP contribution in [0.1, 0.15) is 44.6 Å². The van der Waals surface area contributed by atoms with Crippen LogP contribution in [0.3, 0.4) is 0 Å². The Bertz CT molecular complexity index is 623. The fourth-order valence-electron chi connectivity index (χ4n) is 4.18. The van der Waals surface area contributed by atoms with Crippen molar-refractivity contribution in [2.75, 3.05) is 26.2 Å². The van der Waals surface area contributed by atoms with Crippen LogP contribution in [-0.2, 0) is 4.79 Å². The van der Waals surface area contributed by atoms with E-state index in [1.54, 1.807) is 12.1 Å². The Kier molecular flexibility index (Phi) is 5.93. The topological polar surface area (TPSA) is 56.6 Å². The lowest BCUT2D eigenvalue weighted by Gasteiger charge is -2.35. The Hall–Kier alpha value is -2.06. The molecule has 0 spiro atoms. The highest BCUT2D eigenvalue weighted by Gasteiger charge is 2.38. The molecule has 3 rings (SSSR count). The molecule has 2 fully saturated rings.